The molecule has 0 bridgehead atoms. The zero-order valence-electron chi connectivity index (χ0n) is 11.1. The molecule has 0 aliphatic carbocycles. The fraction of sp³-hybridized carbons (Fsp3) is 0.500. The van der Waals surface area contributed by atoms with Crippen molar-refractivity contribution >= 4 is 5.97 Å². The highest BCUT2D eigenvalue weighted by atomic mass is 19.1. The van der Waals surface area contributed by atoms with Crippen LogP contribution in [0, 0.1) is 5.82 Å². The van der Waals surface area contributed by atoms with E-state index in [-0.39, 0.29) is 23.9 Å². The van der Waals surface area contributed by atoms with Crippen LogP contribution in [0.15, 0.2) is 24.3 Å². The Kier molecular flexibility index (Phi) is 5.78. The molecule has 1 unspecified atom stereocenters. The van der Waals surface area contributed by atoms with Crippen molar-refractivity contribution in [3.63, 3.8) is 0 Å². The maximum absolute atomic E-state index is 12.8. The van der Waals surface area contributed by atoms with Gasteiger partial charge in [-0.3, -0.25) is 4.79 Å². The lowest BCUT2D eigenvalue weighted by Gasteiger charge is -2.20. The molecule has 0 fully saturated rings. The summed E-state index contributed by atoms with van der Waals surface area (Å²) in [6.07, 6.45) is 0.986. The summed E-state index contributed by atoms with van der Waals surface area (Å²) in [6.45, 7) is 4.05. The van der Waals surface area contributed by atoms with Crippen molar-refractivity contribution in [1.82, 2.24) is 5.32 Å². The van der Waals surface area contributed by atoms with Gasteiger partial charge < -0.3 is 10.1 Å². The first-order valence-electron chi connectivity index (χ1n) is 6.08. The van der Waals surface area contributed by atoms with Gasteiger partial charge in [-0.2, -0.15) is 0 Å². The Bertz CT molecular complexity index is 376. The second-order valence-corrected chi connectivity index (χ2v) is 4.63. The van der Waals surface area contributed by atoms with E-state index in [0.717, 1.165) is 5.56 Å². The van der Waals surface area contributed by atoms with Crippen LogP contribution in [0.3, 0.4) is 0 Å². The Balaban J connectivity index is 2.65. The molecule has 0 radical (unpaired) electrons. The SMILES string of the molecule is COC(=O)CC(Cc1ccc(F)cc1)NC(C)C. The Morgan fingerprint density at radius 2 is 1.94 bits per heavy atom. The van der Waals surface area contributed by atoms with Gasteiger partial charge in [-0.15, -0.1) is 0 Å². The summed E-state index contributed by atoms with van der Waals surface area (Å²) >= 11 is 0. The number of nitrogens with one attached hydrogen (secondary N) is 1. The van der Waals surface area contributed by atoms with Crippen LogP contribution in [0.1, 0.15) is 25.8 Å². The molecular formula is C14H20FNO2. The topological polar surface area (TPSA) is 38.3 Å². The van der Waals surface area contributed by atoms with Crippen molar-refractivity contribution in [2.75, 3.05) is 7.11 Å². The molecule has 1 aromatic carbocycles. The van der Waals surface area contributed by atoms with Crippen LogP contribution in [0.2, 0.25) is 0 Å². The largest absolute Gasteiger partial charge is 0.469 e. The summed E-state index contributed by atoms with van der Waals surface area (Å²) in [5, 5.41) is 3.31. The predicted molar refractivity (Wildman–Crippen MR) is 68.8 cm³/mol. The van der Waals surface area contributed by atoms with Crippen LogP contribution in [0.25, 0.3) is 0 Å². The van der Waals surface area contributed by atoms with Crippen molar-refractivity contribution in [3.8, 4) is 0 Å². The minimum Gasteiger partial charge on any atom is -0.469 e. The second kappa shape index (κ2) is 7.11. The van der Waals surface area contributed by atoms with Crippen molar-refractivity contribution in [2.45, 2.75) is 38.8 Å². The molecule has 0 amide bonds. The molecule has 3 nitrogen and oxygen atoms in total. The molecule has 0 aromatic heterocycles. The highest BCUT2D eigenvalue weighted by Gasteiger charge is 2.15. The van der Waals surface area contributed by atoms with E-state index < -0.39 is 0 Å². The molecule has 0 heterocycles. The minimum atomic E-state index is -0.250. The van der Waals surface area contributed by atoms with E-state index >= 15 is 0 Å². The molecule has 100 valence electrons. The molecule has 1 aromatic rings. The van der Waals surface area contributed by atoms with E-state index in [0.29, 0.717) is 12.8 Å². The molecule has 0 saturated heterocycles. The van der Waals surface area contributed by atoms with Gasteiger partial charge >= 0.3 is 5.97 Å². The number of hydrogen-bond donors (Lipinski definition) is 1. The Morgan fingerprint density at radius 1 is 1.33 bits per heavy atom. The van der Waals surface area contributed by atoms with E-state index in [4.69, 9.17) is 0 Å². The first-order valence-corrected chi connectivity index (χ1v) is 6.08. The van der Waals surface area contributed by atoms with E-state index in [1.54, 1.807) is 12.1 Å². The van der Waals surface area contributed by atoms with Gasteiger partial charge in [-0.05, 0) is 24.1 Å². The fourth-order valence-corrected chi connectivity index (χ4v) is 1.85. The van der Waals surface area contributed by atoms with Crippen molar-refractivity contribution in [2.24, 2.45) is 0 Å². The molecule has 1 atom stereocenters. The maximum Gasteiger partial charge on any atom is 0.307 e. The van der Waals surface area contributed by atoms with E-state index in [2.05, 4.69) is 10.1 Å². The number of methoxy groups -OCH3 is 1. The normalized spacial score (nSPS) is 12.5. The van der Waals surface area contributed by atoms with Gasteiger partial charge in [-0.25, -0.2) is 4.39 Å². The number of esters is 1. The minimum absolute atomic E-state index is 0.00270. The lowest BCUT2D eigenvalue weighted by atomic mass is 10.0. The zero-order valence-corrected chi connectivity index (χ0v) is 11.1. The highest BCUT2D eigenvalue weighted by molar-refractivity contribution is 5.70. The average molecular weight is 253 g/mol. The lowest BCUT2D eigenvalue weighted by molar-refractivity contribution is -0.141. The van der Waals surface area contributed by atoms with Crippen LogP contribution < -0.4 is 5.32 Å². The van der Waals surface area contributed by atoms with Gasteiger partial charge in [0.25, 0.3) is 0 Å². The van der Waals surface area contributed by atoms with Gasteiger partial charge in [0.15, 0.2) is 0 Å². The summed E-state index contributed by atoms with van der Waals surface area (Å²) in [5.74, 6) is -0.490. The first-order chi connectivity index (χ1) is 8.51. The summed E-state index contributed by atoms with van der Waals surface area (Å²) in [4.78, 5) is 11.3. The molecule has 0 aliphatic rings. The Hall–Kier alpha value is -1.42. The van der Waals surface area contributed by atoms with Gasteiger partial charge in [0, 0.05) is 12.1 Å². The summed E-state index contributed by atoms with van der Waals surface area (Å²) < 4.78 is 17.5. The van der Waals surface area contributed by atoms with Crippen LogP contribution in [-0.4, -0.2) is 25.2 Å². The van der Waals surface area contributed by atoms with Crippen molar-refractivity contribution in [1.29, 1.82) is 0 Å². The van der Waals surface area contributed by atoms with Crippen molar-refractivity contribution in [3.05, 3.63) is 35.6 Å². The maximum atomic E-state index is 12.8. The summed E-state index contributed by atoms with van der Waals surface area (Å²) in [6, 6.07) is 6.62. The molecule has 0 aliphatic heterocycles. The number of hydrogen-bond acceptors (Lipinski definition) is 3. The Labute approximate surface area is 107 Å². The highest BCUT2D eigenvalue weighted by Crippen LogP contribution is 2.09. The van der Waals surface area contributed by atoms with E-state index in [1.807, 2.05) is 13.8 Å². The second-order valence-electron chi connectivity index (χ2n) is 4.63. The molecular weight excluding hydrogens is 233 g/mol. The Morgan fingerprint density at radius 3 is 2.44 bits per heavy atom. The van der Waals surface area contributed by atoms with Gasteiger partial charge in [0.2, 0.25) is 0 Å². The third-order valence-corrected chi connectivity index (χ3v) is 2.61. The monoisotopic (exact) mass is 253 g/mol. The van der Waals surface area contributed by atoms with E-state index in [9.17, 15) is 9.18 Å². The molecule has 18 heavy (non-hydrogen) atoms. The number of rotatable bonds is 6. The van der Waals surface area contributed by atoms with Gasteiger partial charge in [0.05, 0.1) is 13.5 Å². The summed E-state index contributed by atoms with van der Waals surface area (Å²) in [5.41, 5.74) is 0.999. The molecule has 0 spiro atoms. The van der Waals surface area contributed by atoms with Crippen LogP contribution in [0.5, 0.6) is 0 Å². The zero-order chi connectivity index (χ0) is 13.5. The number of carbonyl (C=O) groups excluding carboxylic acids is 1. The molecule has 0 saturated carbocycles. The number of ether oxygens (including phenoxy) is 1. The summed E-state index contributed by atoms with van der Waals surface area (Å²) in [7, 11) is 1.38. The third kappa shape index (κ3) is 5.27. The van der Waals surface area contributed by atoms with Gasteiger partial charge in [0.1, 0.15) is 5.82 Å². The molecule has 1 N–H and O–H groups in total. The third-order valence-electron chi connectivity index (χ3n) is 2.61. The fourth-order valence-electron chi connectivity index (χ4n) is 1.85. The molecule has 1 rings (SSSR count). The average Bonchev–Trinajstić information content (AvgIpc) is 2.31. The van der Waals surface area contributed by atoms with Crippen LogP contribution >= 0.6 is 0 Å². The van der Waals surface area contributed by atoms with Crippen molar-refractivity contribution < 1.29 is 13.9 Å². The number of halogens is 1. The van der Waals surface area contributed by atoms with Crippen LogP contribution in [-0.2, 0) is 16.0 Å². The lowest BCUT2D eigenvalue weighted by Crippen LogP contribution is -2.38. The quantitative estimate of drug-likeness (QED) is 0.791. The first kappa shape index (κ1) is 14.6. The van der Waals surface area contributed by atoms with Crippen LogP contribution in [0.4, 0.5) is 4.39 Å². The number of benzene rings is 1. The standard InChI is InChI=1S/C14H20FNO2/c1-10(2)16-13(9-14(17)18-3)8-11-4-6-12(15)7-5-11/h4-7,10,13,16H,8-9H2,1-3H3. The number of carbonyl (C=O) groups is 1. The smallest absolute Gasteiger partial charge is 0.307 e. The molecule has 4 heteroatoms. The van der Waals surface area contributed by atoms with Gasteiger partial charge in [-0.1, -0.05) is 26.0 Å². The van der Waals surface area contributed by atoms with E-state index in [1.165, 1.54) is 19.2 Å². The predicted octanol–water partition coefficient (Wildman–Crippen LogP) is 2.30.